The van der Waals surface area contributed by atoms with Gasteiger partial charge in [0.05, 0.1) is 13.2 Å². The summed E-state index contributed by atoms with van der Waals surface area (Å²) in [5.41, 5.74) is -0.491. The Balaban J connectivity index is 1.71. The number of pyridine rings is 1. The van der Waals surface area contributed by atoms with Gasteiger partial charge in [0.1, 0.15) is 5.54 Å². The van der Waals surface area contributed by atoms with Crippen LogP contribution in [0, 0.1) is 0 Å². The first-order chi connectivity index (χ1) is 16.4. The SMILES string of the molecule is O=C(NC(CCN1CCOCC1)(Cc1cc(=O)[nH]c2ccccc12)C(=O)O)c1ccc(Cl)cc1. The minimum absolute atomic E-state index is 0.0452. The van der Waals surface area contributed by atoms with Crippen molar-refractivity contribution in [2.75, 3.05) is 32.8 Å². The fourth-order valence-corrected chi connectivity index (χ4v) is 4.37. The number of carbonyl (C=O) groups excluding carboxylic acids is 1. The highest BCUT2D eigenvalue weighted by Gasteiger charge is 2.41. The number of rotatable bonds is 8. The molecule has 4 rings (SSSR count). The predicted octanol–water partition coefficient (Wildman–Crippen LogP) is 2.70. The van der Waals surface area contributed by atoms with Crippen molar-refractivity contribution < 1.29 is 19.4 Å². The molecule has 1 aromatic heterocycles. The van der Waals surface area contributed by atoms with E-state index in [2.05, 4.69) is 15.2 Å². The second kappa shape index (κ2) is 10.4. The van der Waals surface area contributed by atoms with Gasteiger partial charge in [-0.1, -0.05) is 29.8 Å². The average molecular weight is 484 g/mol. The molecule has 1 unspecified atom stereocenters. The fraction of sp³-hybridized carbons (Fsp3) is 0.320. The van der Waals surface area contributed by atoms with Crippen molar-refractivity contribution >= 4 is 34.4 Å². The van der Waals surface area contributed by atoms with E-state index in [0.29, 0.717) is 54.5 Å². The van der Waals surface area contributed by atoms with E-state index >= 15 is 0 Å². The van der Waals surface area contributed by atoms with E-state index in [1.165, 1.54) is 6.07 Å². The Hall–Kier alpha value is -3.20. The highest BCUT2D eigenvalue weighted by atomic mass is 35.5. The molecule has 1 amide bonds. The average Bonchev–Trinajstić information content (AvgIpc) is 2.83. The van der Waals surface area contributed by atoms with Crippen LogP contribution in [0.4, 0.5) is 0 Å². The molecule has 1 aliphatic heterocycles. The Morgan fingerprint density at radius 3 is 2.53 bits per heavy atom. The van der Waals surface area contributed by atoms with Crippen LogP contribution < -0.4 is 10.9 Å². The maximum Gasteiger partial charge on any atom is 0.329 e. The molecule has 2 aromatic carbocycles. The number of nitrogens with zero attached hydrogens (tertiary/aromatic N) is 1. The predicted molar refractivity (Wildman–Crippen MR) is 129 cm³/mol. The number of ether oxygens (including phenoxy) is 1. The molecule has 0 spiro atoms. The number of aromatic amines is 1. The molecule has 0 saturated carbocycles. The van der Waals surface area contributed by atoms with Crippen LogP contribution in [0.2, 0.25) is 5.02 Å². The number of para-hydroxylation sites is 1. The topological polar surface area (TPSA) is 112 Å². The van der Waals surface area contributed by atoms with E-state index in [1.807, 2.05) is 12.1 Å². The Bertz CT molecular complexity index is 1240. The summed E-state index contributed by atoms with van der Waals surface area (Å²) in [5, 5.41) is 14.4. The molecule has 178 valence electrons. The van der Waals surface area contributed by atoms with Gasteiger partial charge >= 0.3 is 5.97 Å². The lowest BCUT2D eigenvalue weighted by molar-refractivity contribution is -0.145. The molecule has 0 radical (unpaired) electrons. The summed E-state index contributed by atoms with van der Waals surface area (Å²) in [7, 11) is 0. The molecule has 0 aliphatic carbocycles. The van der Waals surface area contributed by atoms with Crippen LogP contribution in [0.1, 0.15) is 22.3 Å². The highest BCUT2D eigenvalue weighted by molar-refractivity contribution is 6.30. The minimum atomic E-state index is -1.63. The summed E-state index contributed by atoms with van der Waals surface area (Å²) in [4.78, 5) is 43.1. The maximum absolute atomic E-state index is 13.1. The summed E-state index contributed by atoms with van der Waals surface area (Å²) in [5.74, 6) is -1.68. The van der Waals surface area contributed by atoms with E-state index in [0.717, 1.165) is 5.39 Å². The smallest absolute Gasteiger partial charge is 0.329 e. The van der Waals surface area contributed by atoms with Crippen LogP contribution in [-0.4, -0.2) is 65.3 Å². The number of fused-ring (bicyclic) bond motifs is 1. The molecule has 9 heteroatoms. The number of halogens is 1. The van der Waals surface area contributed by atoms with E-state index in [9.17, 15) is 19.5 Å². The zero-order valence-corrected chi connectivity index (χ0v) is 19.3. The number of aliphatic carboxylic acids is 1. The molecule has 3 aromatic rings. The van der Waals surface area contributed by atoms with Crippen molar-refractivity contribution in [3.63, 3.8) is 0 Å². The van der Waals surface area contributed by atoms with Gasteiger partial charge in [0.2, 0.25) is 5.56 Å². The second-order valence-corrected chi connectivity index (χ2v) is 8.87. The standard InChI is InChI=1S/C25H26ClN3O5/c26-19-7-5-17(6-8-19)23(31)28-25(24(32)33,9-10-29-11-13-34-14-12-29)16-18-15-22(30)27-21-4-2-1-3-20(18)21/h1-8,15H,9-14,16H2,(H,27,30)(H,28,31)(H,32,33). The number of aromatic nitrogens is 1. The van der Waals surface area contributed by atoms with E-state index in [1.54, 1.807) is 36.4 Å². The Morgan fingerprint density at radius 1 is 1.12 bits per heavy atom. The number of nitrogens with one attached hydrogen (secondary N) is 2. The zero-order valence-electron chi connectivity index (χ0n) is 18.6. The van der Waals surface area contributed by atoms with Crippen LogP contribution in [0.5, 0.6) is 0 Å². The second-order valence-electron chi connectivity index (χ2n) is 8.43. The van der Waals surface area contributed by atoms with Gasteiger partial charge in [0, 0.05) is 53.6 Å². The van der Waals surface area contributed by atoms with Gasteiger partial charge in [-0.2, -0.15) is 0 Å². The van der Waals surface area contributed by atoms with Crippen LogP contribution in [0.3, 0.4) is 0 Å². The van der Waals surface area contributed by atoms with Crippen molar-refractivity contribution in [2.24, 2.45) is 0 Å². The molecule has 1 aliphatic rings. The first-order valence-corrected chi connectivity index (χ1v) is 11.5. The third-order valence-electron chi connectivity index (χ3n) is 6.16. The molecule has 0 bridgehead atoms. The maximum atomic E-state index is 13.1. The van der Waals surface area contributed by atoms with Crippen LogP contribution in [0.15, 0.2) is 59.4 Å². The molecule has 2 heterocycles. The summed E-state index contributed by atoms with van der Waals surface area (Å²) < 4.78 is 5.39. The number of carboxylic acids is 1. The molecule has 3 N–H and O–H groups in total. The van der Waals surface area contributed by atoms with E-state index < -0.39 is 17.4 Å². The van der Waals surface area contributed by atoms with Gasteiger partial charge in [0.25, 0.3) is 5.91 Å². The first kappa shape index (κ1) is 23.9. The zero-order chi connectivity index (χ0) is 24.1. The Kier molecular flexibility index (Phi) is 7.31. The lowest BCUT2D eigenvalue weighted by atomic mass is 9.85. The monoisotopic (exact) mass is 483 g/mol. The molecule has 34 heavy (non-hydrogen) atoms. The lowest BCUT2D eigenvalue weighted by Crippen LogP contribution is -2.58. The lowest BCUT2D eigenvalue weighted by Gasteiger charge is -2.34. The normalized spacial score (nSPS) is 16.1. The number of H-pyrrole nitrogens is 1. The number of hydrogen-bond donors (Lipinski definition) is 3. The van der Waals surface area contributed by atoms with Crippen LogP contribution >= 0.6 is 11.6 Å². The molecule has 1 fully saturated rings. The van der Waals surface area contributed by atoms with E-state index in [4.69, 9.17) is 16.3 Å². The van der Waals surface area contributed by atoms with Crippen molar-refractivity contribution in [3.8, 4) is 0 Å². The Morgan fingerprint density at radius 2 is 1.82 bits per heavy atom. The molecular weight excluding hydrogens is 458 g/mol. The van der Waals surface area contributed by atoms with Crippen LogP contribution in [0.25, 0.3) is 10.9 Å². The van der Waals surface area contributed by atoms with Crippen molar-refractivity contribution in [3.05, 3.63) is 81.1 Å². The highest BCUT2D eigenvalue weighted by Crippen LogP contribution is 2.25. The van der Waals surface area contributed by atoms with Gasteiger partial charge in [-0.05, 0) is 42.3 Å². The molecular formula is C25H26ClN3O5. The molecule has 8 nitrogen and oxygen atoms in total. The number of amides is 1. The number of morpholine rings is 1. The largest absolute Gasteiger partial charge is 0.479 e. The Labute approximate surface area is 201 Å². The number of carbonyl (C=O) groups is 2. The van der Waals surface area contributed by atoms with Crippen molar-refractivity contribution in [1.29, 1.82) is 0 Å². The summed E-state index contributed by atoms with van der Waals surface area (Å²) in [6.45, 7) is 2.99. The number of hydrogen-bond acceptors (Lipinski definition) is 5. The van der Waals surface area contributed by atoms with Gasteiger partial charge in [-0.25, -0.2) is 4.79 Å². The van der Waals surface area contributed by atoms with E-state index in [-0.39, 0.29) is 18.4 Å². The third-order valence-corrected chi connectivity index (χ3v) is 6.41. The van der Waals surface area contributed by atoms with Crippen LogP contribution in [-0.2, 0) is 16.0 Å². The van der Waals surface area contributed by atoms with Gasteiger partial charge < -0.3 is 20.1 Å². The van der Waals surface area contributed by atoms with Crippen molar-refractivity contribution in [2.45, 2.75) is 18.4 Å². The molecule has 1 atom stereocenters. The van der Waals surface area contributed by atoms with Gasteiger partial charge in [-0.15, -0.1) is 0 Å². The summed E-state index contributed by atoms with van der Waals surface area (Å²) in [6, 6.07) is 14.9. The van der Waals surface area contributed by atoms with Gasteiger partial charge in [0.15, 0.2) is 0 Å². The molecule has 1 saturated heterocycles. The van der Waals surface area contributed by atoms with Gasteiger partial charge in [-0.3, -0.25) is 14.5 Å². The minimum Gasteiger partial charge on any atom is -0.479 e. The third kappa shape index (κ3) is 5.47. The first-order valence-electron chi connectivity index (χ1n) is 11.1. The summed E-state index contributed by atoms with van der Waals surface area (Å²) >= 11 is 5.94. The number of benzene rings is 2. The quantitative estimate of drug-likeness (QED) is 0.454. The summed E-state index contributed by atoms with van der Waals surface area (Å²) in [6.07, 6.45) is 0.110. The fourth-order valence-electron chi connectivity index (χ4n) is 4.24. The van der Waals surface area contributed by atoms with Crippen molar-refractivity contribution in [1.82, 2.24) is 15.2 Å². The number of carboxylic acid groups (broad SMARTS) is 1.